The molecule has 1 N–H and O–H groups in total. The van der Waals surface area contributed by atoms with Gasteiger partial charge >= 0.3 is 0 Å². The molecule has 1 aliphatic heterocycles. The van der Waals surface area contributed by atoms with E-state index in [1.54, 1.807) is 29.3 Å². The summed E-state index contributed by atoms with van der Waals surface area (Å²) in [5, 5.41) is 3.02. The van der Waals surface area contributed by atoms with E-state index in [0.717, 1.165) is 25.0 Å². The van der Waals surface area contributed by atoms with E-state index in [2.05, 4.69) is 27.2 Å². The molecular formula is C12H15N5O. The van der Waals surface area contributed by atoms with E-state index in [1.165, 1.54) is 0 Å². The van der Waals surface area contributed by atoms with Gasteiger partial charge in [-0.15, -0.1) is 0 Å². The first-order valence-electron chi connectivity index (χ1n) is 6.00. The average Bonchev–Trinajstić information content (AvgIpc) is 2.95. The zero-order chi connectivity index (χ0) is 12.5. The fraction of sp³-hybridized carbons (Fsp3) is 0.417. The molecule has 1 saturated heterocycles. The molecule has 1 amide bonds. The van der Waals surface area contributed by atoms with Crippen LogP contribution >= 0.6 is 0 Å². The van der Waals surface area contributed by atoms with E-state index in [4.69, 9.17) is 0 Å². The third-order valence-corrected chi connectivity index (χ3v) is 3.28. The molecule has 2 aromatic rings. The first-order valence-corrected chi connectivity index (χ1v) is 6.00. The molecule has 1 fully saturated rings. The molecule has 18 heavy (non-hydrogen) atoms. The highest BCUT2D eigenvalue weighted by Crippen LogP contribution is 2.10. The standard InChI is InChI=1S/C12H15N5O/c1-16-4-2-9(7-16)15-12(18)11-10-6-13-3-5-17(10)8-14-11/h3,5-6,8-9H,2,4,7H2,1H3,(H,15,18). The number of fused-ring (bicyclic) bond motifs is 1. The lowest BCUT2D eigenvalue weighted by molar-refractivity contribution is 0.0935. The van der Waals surface area contributed by atoms with Crippen LogP contribution in [-0.4, -0.2) is 51.4 Å². The summed E-state index contributed by atoms with van der Waals surface area (Å²) in [7, 11) is 2.06. The smallest absolute Gasteiger partial charge is 0.272 e. The van der Waals surface area contributed by atoms with Crippen LogP contribution in [0.2, 0.25) is 0 Å². The minimum atomic E-state index is -0.120. The number of nitrogens with one attached hydrogen (secondary N) is 1. The Morgan fingerprint density at radius 2 is 2.44 bits per heavy atom. The third-order valence-electron chi connectivity index (χ3n) is 3.28. The van der Waals surface area contributed by atoms with Crippen LogP contribution in [-0.2, 0) is 0 Å². The molecule has 0 saturated carbocycles. The van der Waals surface area contributed by atoms with E-state index in [-0.39, 0.29) is 11.9 Å². The third kappa shape index (κ3) is 1.95. The van der Waals surface area contributed by atoms with Crippen LogP contribution in [0.3, 0.4) is 0 Å². The number of aromatic nitrogens is 3. The SMILES string of the molecule is CN1CCC(NC(=O)c2ncn3ccncc23)C1. The summed E-state index contributed by atoms with van der Waals surface area (Å²) in [5.74, 6) is -0.120. The van der Waals surface area contributed by atoms with Gasteiger partial charge in [0.1, 0.15) is 6.33 Å². The van der Waals surface area contributed by atoms with Crippen LogP contribution in [0.25, 0.3) is 5.52 Å². The molecule has 1 atom stereocenters. The molecule has 1 unspecified atom stereocenters. The highest BCUT2D eigenvalue weighted by atomic mass is 16.2. The Balaban J connectivity index is 1.80. The fourth-order valence-electron chi connectivity index (χ4n) is 2.32. The Bertz CT molecular complexity index is 579. The predicted molar refractivity (Wildman–Crippen MR) is 66.4 cm³/mol. The van der Waals surface area contributed by atoms with Gasteiger partial charge in [-0.3, -0.25) is 9.78 Å². The van der Waals surface area contributed by atoms with E-state index < -0.39 is 0 Å². The molecule has 0 spiro atoms. The number of carbonyl (C=O) groups excluding carboxylic acids is 1. The first-order chi connectivity index (χ1) is 8.74. The lowest BCUT2D eigenvalue weighted by Crippen LogP contribution is -2.36. The molecular weight excluding hydrogens is 230 g/mol. The number of imidazole rings is 1. The summed E-state index contributed by atoms with van der Waals surface area (Å²) < 4.78 is 1.79. The van der Waals surface area contributed by atoms with E-state index in [0.29, 0.717) is 5.69 Å². The Kier molecular flexibility index (Phi) is 2.71. The van der Waals surface area contributed by atoms with Gasteiger partial charge in [-0.2, -0.15) is 0 Å². The van der Waals surface area contributed by atoms with Crippen molar-refractivity contribution in [1.29, 1.82) is 0 Å². The Morgan fingerprint density at radius 3 is 3.22 bits per heavy atom. The first kappa shape index (κ1) is 11.2. The second-order valence-corrected chi connectivity index (χ2v) is 4.68. The van der Waals surface area contributed by atoms with Crippen LogP contribution in [0.1, 0.15) is 16.9 Å². The molecule has 3 heterocycles. The Hall–Kier alpha value is -1.95. The van der Waals surface area contributed by atoms with Gasteiger partial charge in [-0.1, -0.05) is 0 Å². The van der Waals surface area contributed by atoms with Crippen molar-refractivity contribution >= 4 is 11.4 Å². The van der Waals surface area contributed by atoms with Crippen molar-refractivity contribution in [3.05, 3.63) is 30.6 Å². The summed E-state index contributed by atoms with van der Waals surface area (Å²) in [5.41, 5.74) is 1.18. The van der Waals surface area contributed by atoms with Gasteiger partial charge in [0.2, 0.25) is 0 Å². The Labute approximate surface area is 105 Å². The number of hydrogen-bond acceptors (Lipinski definition) is 4. The maximum absolute atomic E-state index is 12.1. The van der Waals surface area contributed by atoms with Crippen LogP contribution in [0.15, 0.2) is 24.9 Å². The van der Waals surface area contributed by atoms with Gasteiger partial charge in [0, 0.05) is 25.0 Å². The molecule has 1 aliphatic rings. The topological polar surface area (TPSA) is 62.5 Å². The lowest BCUT2D eigenvalue weighted by Gasteiger charge is -2.11. The molecule has 0 aliphatic carbocycles. The predicted octanol–water partition coefficient (Wildman–Crippen LogP) is 0.163. The van der Waals surface area contributed by atoms with Crippen LogP contribution in [0, 0.1) is 0 Å². The number of carbonyl (C=O) groups is 1. The number of nitrogens with zero attached hydrogens (tertiary/aromatic N) is 4. The average molecular weight is 245 g/mol. The van der Waals surface area contributed by atoms with Crippen molar-refractivity contribution < 1.29 is 4.79 Å². The summed E-state index contributed by atoms with van der Waals surface area (Å²) in [4.78, 5) is 22.5. The number of likely N-dealkylation sites (tertiary alicyclic amines) is 1. The number of amides is 1. The van der Waals surface area contributed by atoms with Gasteiger partial charge in [0.05, 0.1) is 11.7 Å². The normalized spacial score (nSPS) is 20.4. The fourth-order valence-corrected chi connectivity index (χ4v) is 2.32. The zero-order valence-electron chi connectivity index (χ0n) is 10.2. The summed E-state index contributed by atoms with van der Waals surface area (Å²) in [6, 6.07) is 0.218. The summed E-state index contributed by atoms with van der Waals surface area (Å²) in [6.45, 7) is 1.92. The summed E-state index contributed by atoms with van der Waals surface area (Å²) in [6.07, 6.45) is 7.73. The zero-order valence-corrected chi connectivity index (χ0v) is 10.2. The van der Waals surface area contributed by atoms with Crippen molar-refractivity contribution in [3.63, 3.8) is 0 Å². The molecule has 3 rings (SSSR count). The monoisotopic (exact) mass is 245 g/mol. The number of likely N-dealkylation sites (N-methyl/N-ethyl adjacent to an activating group) is 1. The van der Waals surface area contributed by atoms with E-state index in [1.807, 2.05) is 0 Å². The van der Waals surface area contributed by atoms with Crippen LogP contribution in [0.5, 0.6) is 0 Å². The molecule has 0 aromatic carbocycles. The highest BCUT2D eigenvalue weighted by Gasteiger charge is 2.23. The molecule has 0 bridgehead atoms. The molecule has 6 heteroatoms. The minimum Gasteiger partial charge on any atom is -0.347 e. The van der Waals surface area contributed by atoms with E-state index in [9.17, 15) is 4.79 Å². The van der Waals surface area contributed by atoms with Crippen molar-refractivity contribution in [2.45, 2.75) is 12.5 Å². The van der Waals surface area contributed by atoms with Crippen molar-refractivity contribution in [2.24, 2.45) is 0 Å². The van der Waals surface area contributed by atoms with E-state index >= 15 is 0 Å². The second-order valence-electron chi connectivity index (χ2n) is 4.68. The summed E-state index contributed by atoms with van der Waals surface area (Å²) >= 11 is 0. The van der Waals surface area contributed by atoms with Crippen LogP contribution < -0.4 is 5.32 Å². The maximum Gasteiger partial charge on any atom is 0.272 e. The maximum atomic E-state index is 12.1. The quantitative estimate of drug-likeness (QED) is 0.819. The molecule has 2 aromatic heterocycles. The van der Waals surface area contributed by atoms with Gasteiger partial charge in [0.15, 0.2) is 5.69 Å². The number of hydrogen-bond donors (Lipinski definition) is 1. The molecule has 94 valence electrons. The van der Waals surface area contributed by atoms with Gasteiger partial charge in [-0.25, -0.2) is 4.98 Å². The van der Waals surface area contributed by atoms with Gasteiger partial charge in [0.25, 0.3) is 5.91 Å². The Morgan fingerprint density at radius 1 is 1.56 bits per heavy atom. The van der Waals surface area contributed by atoms with Gasteiger partial charge in [-0.05, 0) is 20.0 Å². The van der Waals surface area contributed by atoms with Crippen LogP contribution in [0.4, 0.5) is 0 Å². The van der Waals surface area contributed by atoms with Crippen molar-refractivity contribution in [3.8, 4) is 0 Å². The molecule has 0 radical (unpaired) electrons. The second kappa shape index (κ2) is 4.38. The minimum absolute atomic E-state index is 0.120. The molecule has 6 nitrogen and oxygen atoms in total. The largest absolute Gasteiger partial charge is 0.347 e. The van der Waals surface area contributed by atoms with Crippen molar-refractivity contribution in [1.82, 2.24) is 24.6 Å². The van der Waals surface area contributed by atoms with Crippen molar-refractivity contribution in [2.75, 3.05) is 20.1 Å². The van der Waals surface area contributed by atoms with Gasteiger partial charge < -0.3 is 14.6 Å². The highest BCUT2D eigenvalue weighted by molar-refractivity contribution is 5.98. The number of rotatable bonds is 2. The lowest BCUT2D eigenvalue weighted by atomic mass is 10.2.